The number of rotatable bonds is 6. The normalized spacial score (nSPS) is 10.4. The van der Waals surface area contributed by atoms with E-state index < -0.39 is 0 Å². The summed E-state index contributed by atoms with van der Waals surface area (Å²) in [5.74, 6) is 2.73. The average molecular weight is 368 g/mol. The van der Waals surface area contributed by atoms with E-state index in [0.717, 1.165) is 11.4 Å². The first-order valence-corrected chi connectivity index (χ1v) is 9.00. The molecule has 0 saturated heterocycles. The van der Waals surface area contributed by atoms with Gasteiger partial charge in [-0.1, -0.05) is 33.2 Å². The summed E-state index contributed by atoms with van der Waals surface area (Å²) in [4.78, 5) is 0. The maximum Gasteiger partial charge on any atom is 0.165 e. The summed E-state index contributed by atoms with van der Waals surface area (Å²) in [6, 6.07) is 15.3. The molecule has 7 nitrogen and oxygen atoms in total. The zero-order valence-electron chi connectivity index (χ0n) is 12.8. The second-order valence-corrected chi connectivity index (χ2v) is 6.14. The molecule has 0 bridgehead atoms. The SMILES string of the molecule is c1ccc(Oc2ccccc2Nc2csnn2)c(Nc2csnn2)c1. The Bertz CT molecular complexity index is 865. The molecule has 2 aromatic heterocycles. The van der Waals surface area contributed by atoms with Crippen LogP contribution in [0.1, 0.15) is 0 Å². The minimum atomic E-state index is 0.681. The number of nitrogens with one attached hydrogen (secondary N) is 2. The number of para-hydroxylation sites is 4. The molecule has 0 saturated carbocycles. The van der Waals surface area contributed by atoms with Crippen molar-refractivity contribution in [1.82, 2.24) is 19.2 Å². The highest BCUT2D eigenvalue weighted by molar-refractivity contribution is 7.03. The van der Waals surface area contributed by atoms with Gasteiger partial charge in [0.05, 0.1) is 22.1 Å². The molecule has 0 atom stereocenters. The van der Waals surface area contributed by atoms with Gasteiger partial charge in [-0.05, 0) is 47.3 Å². The summed E-state index contributed by atoms with van der Waals surface area (Å²) in [7, 11) is 0. The van der Waals surface area contributed by atoms with E-state index in [1.807, 2.05) is 59.3 Å². The van der Waals surface area contributed by atoms with Gasteiger partial charge in [-0.2, -0.15) is 0 Å². The van der Waals surface area contributed by atoms with Crippen molar-refractivity contribution in [2.75, 3.05) is 10.6 Å². The summed E-state index contributed by atoms with van der Waals surface area (Å²) in [5.41, 5.74) is 1.61. The van der Waals surface area contributed by atoms with E-state index in [0.29, 0.717) is 23.1 Å². The van der Waals surface area contributed by atoms with E-state index in [1.54, 1.807) is 0 Å². The molecular weight excluding hydrogens is 356 g/mol. The molecule has 4 rings (SSSR count). The Labute approximate surface area is 151 Å². The fourth-order valence-electron chi connectivity index (χ4n) is 2.15. The van der Waals surface area contributed by atoms with E-state index in [1.165, 1.54) is 23.1 Å². The molecule has 0 aliphatic rings. The lowest BCUT2D eigenvalue weighted by Gasteiger charge is -2.14. The van der Waals surface area contributed by atoms with Crippen LogP contribution in [-0.4, -0.2) is 19.2 Å². The van der Waals surface area contributed by atoms with Crippen molar-refractivity contribution in [1.29, 1.82) is 0 Å². The lowest BCUT2D eigenvalue weighted by atomic mass is 10.2. The zero-order chi connectivity index (χ0) is 16.9. The van der Waals surface area contributed by atoms with Gasteiger partial charge in [-0.25, -0.2) is 0 Å². The standard InChI is InChI=1S/C16H12N6OS2/c1-3-7-13(11(5-1)17-15-9-24-21-19-15)23-14-8-4-2-6-12(14)18-16-10-25-22-20-16/h1-10,17-18H. The zero-order valence-corrected chi connectivity index (χ0v) is 14.4. The number of hydrogen-bond donors (Lipinski definition) is 2. The Kier molecular flexibility index (Phi) is 4.49. The van der Waals surface area contributed by atoms with Crippen LogP contribution in [0.25, 0.3) is 0 Å². The maximum atomic E-state index is 6.12. The van der Waals surface area contributed by atoms with Crippen molar-refractivity contribution in [2.24, 2.45) is 0 Å². The van der Waals surface area contributed by atoms with Crippen molar-refractivity contribution < 1.29 is 4.74 Å². The molecular formula is C16H12N6OS2. The van der Waals surface area contributed by atoms with Gasteiger partial charge >= 0.3 is 0 Å². The molecule has 2 aromatic carbocycles. The van der Waals surface area contributed by atoms with Crippen LogP contribution in [0.3, 0.4) is 0 Å². The van der Waals surface area contributed by atoms with Gasteiger partial charge in [0.25, 0.3) is 0 Å². The van der Waals surface area contributed by atoms with Crippen LogP contribution in [-0.2, 0) is 0 Å². The minimum absolute atomic E-state index is 0.681. The molecule has 0 unspecified atom stereocenters. The van der Waals surface area contributed by atoms with E-state index >= 15 is 0 Å². The molecule has 9 heteroatoms. The van der Waals surface area contributed by atoms with Gasteiger partial charge in [0, 0.05) is 0 Å². The Morgan fingerprint density at radius 1 is 0.680 bits per heavy atom. The second-order valence-electron chi connectivity index (χ2n) is 4.92. The fourth-order valence-corrected chi connectivity index (χ4v) is 2.93. The van der Waals surface area contributed by atoms with Crippen molar-refractivity contribution in [3.63, 3.8) is 0 Å². The molecule has 0 radical (unpaired) electrons. The van der Waals surface area contributed by atoms with Gasteiger partial charge < -0.3 is 15.4 Å². The Hall–Kier alpha value is -3.04. The highest BCUT2D eigenvalue weighted by Crippen LogP contribution is 2.35. The molecule has 0 aliphatic carbocycles. The molecule has 0 amide bonds. The third-order valence-corrected chi connectivity index (χ3v) is 4.25. The van der Waals surface area contributed by atoms with Crippen LogP contribution in [0.2, 0.25) is 0 Å². The number of nitrogens with zero attached hydrogens (tertiary/aromatic N) is 4. The maximum absolute atomic E-state index is 6.12. The molecule has 4 aromatic rings. The van der Waals surface area contributed by atoms with Crippen LogP contribution in [0.5, 0.6) is 11.5 Å². The first-order chi connectivity index (χ1) is 12.4. The molecule has 2 N–H and O–H groups in total. The second kappa shape index (κ2) is 7.24. The summed E-state index contributed by atoms with van der Waals surface area (Å²) >= 11 is 2.57. The smallest absolute Gasteiger partial charge is 0.165 e. The molecule has 25 heavy (non-hydrogen) atoms. The predicted octanol–water partition coefficient (Wildman–Crippen LogP) is 4.67. The van der Waals surface area contributed by atoms with Crippen molar-refractivity contribution in [3.8, 4) is 11.5 Å². The van der Waals surface area contributed by atoms with Crippen LogP contribution in [0.15, 0.2) is 59.3 Å². The molecule has 0 fully saturated rings. The molecule has 0 aliphatic heterocycles. The molecule has 0 spiro atoms. The van der Waals surface area contributed by atoms with Crippen LogP contribution in [0.4, 0.5) is 23.0 Å². The van der Waals surface area contributed by atoms with Gasteiger partial charge in [0.15, 0.2) is 23.1 Å². The predicted molar refractivity (Wildman–Crippen MR) is 99.3 cm³/mol. The largest absolute Gasteiger partial charge is 0.453 e. The third kappa shape index (κ3) is 3.73. The number of hydrogen-bond acceptors (Lipinski definition) is 9. The Balaban J connectivity index is 1.60. The summed E-state index contributed by atoms with van der Waals surface area (Å²) in [5, 5.41) is 18.1. The van der Waals surface area contributed by atoms with Gasteiger partial charge in [0.1, 0.15) is 0 Å². The first kappa shape index (κ1) is 15.5. The lowest BCUT2D eigenvalue weighted by molar-refractivity contribution is 0.487. The first-order valence-electron chi connectivity index (χ1n) is 7.32. The van der Waals surface area contributed by atoms with Crippen molar-refractivity contribution >= 4 is 46.1 Å². The van der Waals surface area contributed by atoms with E-state index in [-0.39, 0.29) is 0 Å². The Morgan fingerprint density at radius 2 is 1.16 bits per heavy atom. The number of benzene rings is 2. The van der Waals surface area contributed by atoms with Crippen molar-refractivity contribution in [3.05, 3.63) is 59.3 Å². The fraction of sp³-hybridized carbons (Fsp3) is 0. The quantitative estimate of drug-likeness (QED) is 0.511. The van der Waals surface area contributed by atoms with Gasteiger partial charge in [0.2, 0.25) is 0 Å². The molecule has 2 heterocycles. The summed E-state index contributed by atoms with van der Waals surface area (Å²) < 4.78 is 13.8. The van der Waals surface area contributed by atoms with Crippen LogP contribution >= 0.6 is 23.1 Å². The summed E-state index contributed by atoms with van der Waals surface area (Å²) in [6.45, 7) is 0. The monoisotopic (exact) mass is 368 g/mol. The average Bonchev–Trinajstić information content (AvgIpc) is 3.32. The van der Waals surface area contributed by atoms with Crippen LogP contribution < -0.4 is 15.4 Å². The molecule has 124 valence electrons. The van der Waals surface area contributed by atoms with Gasteiger partial charge in [-0.15, -0.1) is 10.2 Å². The van der Waals surface area contributed by atoms with E-state index in [2.05, 4.69) is 29.8 Å². The number of anilines is 4. The highest BCUT2D eigenvalue weighted by Gasteiger charge is 2.10. The number of aromatic nitrogens is 4. The topological polar surface area (TPSA) is 84.9 Å². The van der Waals surface area contributed by atoms with Crippen LogP contribution in [0, 0.1) is 0 Å². The van der Waals surface area contributed by atoms with E-state index in [4.69, 9.17) is 4.74 Å². The number of ether oxygens (including phenoxy) is 1. The summed E-state index contributed by atoms with van der Waals surface area (Å²) in [6.07, 6.45) is 0. The van der Waals surface area contributed by atoms with Gasteiger partial charge in [-0.3, -0.25) is 0 Å². The minimum Gasteiger partial charge on any atom is -0.453 e. The third-order valence-electron chi connectivity index (χ3n) is 3.24. The highest BCUT2D eigenvalue weighted by atomic mass is 32.1. The van der Waals surface area contributed by atoms with E-state index in [9.17, 15) is 0 Å². The lowest BCUT2D eigenvalue weighted by Crippen LogP contribution is -1.97. The Morgan fingerprint density at radius 3 is 1.60 bits per heavy atom. The van der Waals surface area contributed by atoms with Crippen molar-refractivity contribution in [2.45, 2.75) is 0 Å².